The molecule has 0 atom stereocenters. The van der Waals surface area contributed by atoms with Crippen LogP contribution in [0.4, 0.5) is 0 Å². The second kappa shape index (κ2) is 5.52. The number of hydrogen-bond donors (Lipinski definition) is 3. The molecule has 0 amide bonds. The highest BCUT2D eigenvalue weighted by atomic mass is 35.5. The minimum atomic E-state index is -0.978. The monoisotopic (exact) mass is 197 g/mol. The summed E-state index contributed by atoms with van der Waals surface area (Å²) in [7, 11) is 0. The highest BCUT2D eigenvalue weighted by Gasteiger charge is 2.08. The van der Waals surface area contributed by atoms with Crippen molar-refractivity contribution in [3.63, 3.8) is 0 Å². The lowest BCUT2D eigenvalue weighted by molar-refractivity contribution is -0.486. The van der Waals surface area contributed by atoms with Crippen LogP contribution in [-0.4, -0.2) is 33.6 Å². The van der Waals surface area contributed by atoms with Crippen LogP contribution in [0.25, 0.3) is 0 Å². The summed E-state index contributed by atoms with van der Waals surface area (Å²) in [4.78, 5) is 9.80. The fourth-order valence-electron chi connectivity index (χ4n) is 0.438. The molecular formula is C3H8ClN5O3. The molecule has 0 aromatic rings. The number of nitrogens with one attached hydrogen (secondary N) is 1. The molecule has 70 valence electrons. The topological polar surface area (TPSA) is 117 Å². The smallest absolute Gasteiger partial charge is 0.284 e. The van der Waals surface area contributed by atoms with Gasteiger partial charge in [0.25, 0.3) is 5.96 Å². The van der Waals surface area contributed by atoms with E-state index in [1.165, 1.54) is 0 Å². The molecule has 0 radical (unpaired) electrons. The molecule has 8 nitrogen and oxygen atoms in total. The fraction of sp³-hybridized carbons (Fsp3) is 0.667. The van der Waals surface area contributed by atoms with E-state index in [-0.39, 0.29) is 12.4 Å². The van der Waals surface area contributed by atoms with Crippen molar-refractivity contribution in [3.8, 4) is 0 Å². The third-order valence-corrected chi connectivity index (χ3v) is 1.06. The fourth-order valence-corrected chi connectivity index (χ4v) is 0.607. The number of alkyl halides is 1. The van der Waals surface area contributed by atoms with E-state index >= 15 is 0 Å². The maximum Gasteiger partial charge on any atom is 0.284 e. The summed E-state index contributed by atoms with van der Waals surface area (Å²) in [6, 6.07) is 0. The van der Waals surface area contributed by atoms with Crippen LogP contribution in [0.2, 0.25) is 0 Å². The molecule has 0 fully saturated rings. The van der Waals surface area contributed by atoms with Gasteiger partial charge >= 0.3 is 0 Å². The standard InChI is InChI=1S/C3H8ClN5O3/c4-1-2-8(7-10)3(5)6-9(11)12/h7,10H,1-2H2,(H2,5,6). The lowest BCUT2D eigenvalue weighted by Gasteiger charge is -2.16. The summed E-state index contributed by atoms with van der Waals surface area (Å²) >= 11 is 5.28. The molecular weight excluding hydrogens is 190 g/mol. The van der Waals surface area contributed by atoms with E-state index in [4.69, 9.17) is 22.5 Å². The Morgan fingerprint density at radius 2 is 2.50 bits per heavy atom. The van der Waals surface area contributed by atoms with E-state index < -0.39 is 11.0 Å². The van der Waals surface area contributed by atoms with Gasteiger partial charge in [0.15, 0.2) is 5.03 Å². The van der Waals surface area contributed by atoms with Gasteiger partial charge in [-0.3, -0.25) is 5.21 Å². The Labute approximate surface area is 72.7 Å². The van der Waals surface area contributed by atoms with Crippen molar-refractivity contribution in [2.45, 2.75) is 0 Å². The van der Waals surface area contributed by atoms with Crippen molar-refractivity contribution in [1.29, 1.82) is 0 Å². The number of guanidine groups is 1. The largest absolute Gasteiger partial charge is 0.363 e. The molecule has 4 N–H and O–H groups in total. The van der Waals surface area contributed by atoms with E-state index in [0.717, 1.165) is 5.01 Å². The highest BCUT2D eigenvalue weighted by Crippen LogP contribution is 1.84. The second-order valence-corrected chi connectivity index (χ2v) is 2.01. The number of nitrogens with zero attached hydrogens (tertiary/aromatic N) is 3. The van der Waals surface area contributed by atoms with Gasteiger partial charge in [-0.2, -0.15) is 0 Å². The number of halogens is 1. The lowest BCUT2D eigenvalue weighted by Crippen LogP contribution is -2.46. The number of rotatable bonds is 4. The van der Waals surface area contributed by atoms with Crippen LogP contribution in [0, 0.1) is 10.1 Å². The Hall–Kier alpha value is -1.12. The molecule has 0 rings (SSSR count). The predicted octanol–water partition coefficient (Wildman–Crippen LogP) is -1.07. The number of hydrazine groups is 1. The van der Waals surface area contributed by atoms with E-state index in [9.17, 15) is 10.1 Å². The Kier molecular flexibility index (Phi) is 5.00. The normalized spacial score (nSPS) is 11.3. The summed E-state index contributed by atoms with van der Waals surface area (Å²) in [5, 5.41) is 20.8. The molecule has 12 heavy (non-hydrogen) atoms. The molecule has 0 spiro atoms. The minimum Gasteiger partial charge on any atom is -0.363 e. The summed E-state index contributed by atoms with van der Waals surface area (Å²) in [5.41, 5.74) is 6.67. The molecule has 0 aromatic heterocycles. The van der Waals surface area contributed by atoms with Crippen LogP contribution in [0.15, 0.2) is 5.10 Å². The van der Waals surface area contributed by atoms with E-state index in [1.54, 1.807) is 5.59 Å². The van der Waals surface area contributed by atoms with Gasteiger partial charge in [0.05, 0.1) is 6.54 Å². The predicted molar refractivity (Wildman–Crippen MR) is 41.0 cm³/mol. The molecule has 0 aliphatic rings. The molecule has 0 aliphatic carbocycles. The van der Waals surface area contributed by atoms with Crippen molar-refractivity contribution >= 4 is 17.6 Å². The number of nitro groups is 1. The zero-order valence-electron chi connectivity index (χ0n) is 5.97. The first kappa shape index (κ1) is 10.9. The van der Waals surface area contributed by atoms with Crippen LogP contribution >= 0.6 is 11.6 Å². The SMILES string of the molecule is NC(=N[N+](=O)[O-])N(CCCl)NO. The molecule has 0 saturated heterocycles. The lowest BCUT2D eigenvalue weighted by atomic mass is 10.7. The Morgan fingerprint density at radius 3 is 2.83 bits per heavy atom. The third kappa shape index (κ3) is 3.91. The zero-order valence-corrected chi connectivity index (χ0v) is 6.73. The molecule has 0 aromatic carbocycles. The first-order valence-corrected chi connectivity index (χ1v) is 3.37. The van der Waals surface area contributed by atoms with Gasteiger partial charge in [-0.15, -0.1) is 17.2 Å². The van der Waals surface area contributed by atoms with Gasteiger partial charge in [0.2, 0.25) is 0 Å². The highest BCUT2D eigenvalue weighted by molar-refractivity contribution is 6.18. The Balaban J connectivity index is 4.19. The minimum absolute atomic E-state index is 0.0984. The van der Waals surface area contributed by atoms with Gasteiger partial charge in [-0.1, -0.05) is 0 Å². The maximum atomic E-state index is 9.80. The Morgan fingerprint density at radius 1 is 1.92 bits per heavy atom. The summed E-state index contributed by atoms with van der Waals surface area (Å²) in [6.07, 6.45) is 0. The number of hydrazone groups is 1. The average molecular weight is 198 g/mol. The van der Waals surface area contributed by atoms with Crippen LogP contribution in [0.5, 0.6) is 0 Å². The quantitative estimate of drug-likeness (QED) is 0.174. The second-order valence-electron chi connectivity index (χ2n) is 1.64. The molecule has 0 unspecified atom stereocenters. The van der Waals surface area contributed by atoms with Gasteiger partial charge in [0, 0.05) is 5.88 Å². The van der Waals surface area contributed by atoms with Crippen molar-refractivity contribution in [2.75, 3.05) is 12.4 Å². The molecule has 0 bridgehead atoms. The van der Waals surface area contributed by atoms with Gasteiger partial charge in [-0.25, -0.2) is 15.1 Å². The average Bonchev–Trinajstić information content (AvgIpc) is 1.98. The zero-order chi connectivity index (χ0) is 9.56. The molecule has 0 saturated carbocycles. The van der Waals surface area contributed by atoms with Gasteiger partial charge < -0.3 is 5.73 Å². The summed E-state index contributed by atoms with van der Waals surface area (Å²) in [5.74, 6) is -0.329. The first-order chi connectivity index (χ1) is 5.61. The van der Waals surface area contributed by atoms with E-state index in [2.05, 4.69) is 5.10 Å². The van der Waals surface area contributed by atoms with Crippen LogP contribution in [-0.2, 0) is 0 Å². The summed E-state index contributed by atoms with van der Waals surface area (Å²) < 4.78 is 0. The number of hydrogen-bond acceptors (Lipinski definition) is 4. The molecule has 0 aliphatic heterocycles. The van der Waals surface area contributed by atoms with Crippen molar-refractivity contribution in [3.05, 3.63) is 10.1 Å². The van der Waals surface area contributed by atoms with Crippen molar-refractivity contribution < 1.29 is 10.2 Å². The summed E-state index contributed by atoms with van der Waals surface area (Å²) in [6.45, 7) is 0.0984. The number of nitrogens with two attached hydrogens (primary N) is 1. The van der Waals surface area contributed by atoms with Gasteiger partial charge in [0.1, 0.15) is 5.10 Å². The van der Waals surface area contributed by atoms with Crippen LogP contribution < -0.4 is 11.3 Å². The maximum absolute atomic E-state index is 9.80. The van der Waals surface area contributed by atoms with E-state index in [1.807, 2.05) is 0 Å². The van der Waals surface area contributed by atoms with Crippen molar-refractivity contribution in [2.24, 2.45) is 10.8 Å². The van der Waals surface area contributed by atoms with Crippen molar-refractivity contribution in [1.82, 2.24) is 10.6 Å². The molecule has 0 heterocycles. The van der Waals surface area contributed by atoms with Crippen LogP contribution in [0.1, 0.15) is 0 Å². The first-order valence-electron chi connectivity index (χ1n) is 2.83. The van der Waals surface area contributed by atoms with Gasteiger partial charge in [-0.05, 0) is 0 Å². The third-order valence-electron chi connectivity index (χ3n) is 0.889. The van der Waals surface area contributed by atoms with Crippen LogP contribution in [0.3, 0.4) is 0 Å². The Bertz CT molecular complexity index is 185. The van der Waals surface area contributed by atoms with E-state index in [0.29, 0.717) is 0 Å². The molecule has 9 heteroatoms.